The van der Waals surface area contributed by atoms with E-state index in [9.17, 15) is 13.2 Å². The van der Waals surface area contributed by atoms with Gasteiger partial charge in [-0.25, -0.2) is 13.1 Å². The third kappa shape index (κ3) is 3.18. The number of nitrogens with zero attached hydrogens (tertiary/aromatic N) is 1. The standard InChI is InChI=1S/C20H28N2O3S/c1-13-8-16(12-20(2,3)11-13)21-26(24,25)17-9-14-4-5-18(23)22-7-6-15(10-17)19(14)22/h9-10,13,16,21H,4-8,11-12H2,1-3H3/t13-,16-/m1/s1. The summed E-state index contributed by atoms with van der Waals surface area (Å²) >= 11 is 0. The topological polar surface area (TPSA) is 66.5 Å². The number of carbonyl (C=O) groups is 1. The Balaban J connectivity index is 1.62. The van der Waals surface area contributed by atoms with Crippen LogP contribution in [0, 0.1) is 11.3 Å². The maximum absolute atomic E-state index is 13.1. The van der Waals surface area contributed by atoms with Crippen LogP contribution < -0.4 is 9.62 Å². The minimum atomic E-state index is -3.55. The van der Waals surface area contributed by atoms with Crippen LogP contribution in [-0.2, 0) is 27.7 Å². The van der Waals surface area contributed by atoms with Crippen LogP contribution in [0.3, 0.4) is 0 Å². The van der Waals surface area contributed by atoms with Gasteiger partial charge in [-0.3, -0.25) is 4.79 Å². The molecule has 0 spiro atoms. The fourth-order valence-corrected chi connectivity index (χ4v) is 6.65. The zero-order chi connectivity index (χ0) is 18.7. The van der Waals surface area contributed by atoms with Crippen LogP contribution >= 0.6 is 0 Å². The van der Waals surface area contributed by atoms with Crippen molar-refractivity contribution in [1.29, 1.82) is 0 Å². The second-order valence-electron chi connectivity index (χ2n) is 9.12. The van der Waals surface area contributed by atoms with Crippen LogP contribution in [0.4, 0.5) is 5.69 Å². The smallest absolute Gasteiger partial charge is 0.240 e. The SMILES string of the molecule is C[C@@H]1C[C@@H](NS(=O)(=O)c2cc3c4c(c2)CCN4C(=O)CC3)CC(C)(C)C1. The first-order valence-electron chi connectivity index (χ1n) is 9.63. The number of amides is 1. The highest BCUT2D eigenvalue weighted by atomic mass is 32.2. The normalized spacial score (nSPS) is 27.5. The van der Waals surface area contributed by atoms with E-state index in [-0.39, 0.29) is 17.4 Å². The molecule has 1 aromatic rings. The highest BCUT2D eigenvalue weighted by Crippen LogP contribution is 2.40. The summed E-state index contributed by atoms with van der Waals surface area (Å²) in [5, 5.41) is 0. The molecule has 1 fully saturated rings. The van der Waals surface area contributed by atoms with E-state index in [4.69, 9.17) is 0 Å². The quantitative estimate of drug-likeness (QED) is 0.882. The molecule has 2 aliphatic heterocycles. The van der Waals surface area contributed by atoms with Gasteiger partial charge in [0.25, 0.3) is 0 Å². The van der Waals surface area contributed by atoms with Gasteiger partial charge in [-0.05, 0) is 66.7 Å². The number of sulfonamides is 1. The summed E-state index contributed by atoms with van der Waals surface area (Å²) in [6.07, 6.45) is 4.74. The molecule has 5 nitrogen and oxygen atoms in total. The molecule has 142 valence electrons. The second kappa shape index (κ2) is 6.06. The Morgan fingerprint density at radius 1 is 1.12 bits per heavy atom. The number of benzene rings is 1. The van der Waals surface area contributed by atoms with Crippen molar-refractivity contribution >= 4 is 21.6 Å². The Bertz CT molecular complexity index is 860. The predicted molar refractivity (Wildman–Crippen MR) is 102 cm³/mol. The number of rotatable bonds is 3. The molecule has 1 aromatic carbocycles. The lowest BCUT2D eigenvalue weighted by Gasteiger charge is -2.39. The summed E-state index contributed by atoms with van der Waals surface area (Å²) in [6.45, 7) is 7.31. The number of carbonyl (C=O) groups excluding carboxylic acids is 1. The number of hydrogen-bond acceptors (Lipinski definition) is 3. The fraction of sp³-hybridized carbons (Fsp3) is 0.650. The molecule has 6 heteroatoms. The van der Waals surface area contributed by atoms with Crippen LogP contribution in [0.2, 0.25) is 0 Å². The molecule has 4 rings (SSSR count). The zero-order valence-corrected chi connectivity index (χ0v) is 16.7. The maximum atomic E-state index is 13.1. The van der Waals surface area contributed by atoms with Gasteiger partial charge in [0.2, 0.25) is 15.9 Å². The van der Waals surface area contributed by atoms with Gasteiger partial charge in [-0.2, -0.15) is 0 Å². The molecule has 1 aliphatic carbocycles. The number of hydrogen-bond donors (Lipinski definition) is 1. The molecule has 1 N–H and O–H groups in total. The number of nitrogens with one attached hydrogen (secondary N) is 1. The van der Waals surface area contributed by atoms with Gasteiger partial charge in [-0.15, -0.1) is 0 Å². The van der Waals surface area contributed by atoms with Crippen molar-refractivity contribution in [1.82, 2.24) is 4.72 Å². The summed E-state index contributed by atoms with van der Waals surface area (Å²) in [7, 11) is -3.55. The van der Waals surface area contributed by atoms with Gasteiger partial charge < -0.3 is 4.90 Å². The Kier molecular flexibility index (Phi) is 4.19. The van der Waals surface area contributed by atoms with Gasteiger partial charge >= 0.3 is 0 Å². The van der Waals surface area contributed by atoms with E-state index in [2.05, 4.69) is 25.5 Å². The molecule has 0 radical (unpaired) electrons. The summed E-state index contributed by atoms with van der Waals surface area (Å²) in [6, 6.07) is 3.54. The van der Waals surface area contributed by atoms with Gasteiger partial charge in [0.1, 0.15) is 0 Å². The molecule has 3 aliphatic rings. The van der Waals surface area contributed by atoms with Gasteiger partial charge in [0.15, 0.2) is 0 Å². The minimum absolute atomic E-state index is 0.0126. The highest BCUT2D eigenvalue weighted by Gasteiger charge is 2.36. The largest absolute Gasteiger partial charge is 0.312 e. The van der Waals surface area contributed by atoms with Crippen LogP contribution in [0.15, 0.2) is 17.0 Å². The molecular weight excluding hydrogens is 348 g/mol. The fourth-order valence-electron chi connectivity index (χ4n) is 5.30. The lowest BCUT2D eigenvalue weighted by molar-refractivity contribution is -0.118. The number of aryl methyl sites for hydroxylation is 1. The Morgan fingerprint density at radius 3 is 2.50 bits per heavy atom. The molecule has 0 saturated heterocycles. The number of anilines is 1. The molecule has 0 aromatic heterocycles. The van der Waals surface area contributed by atoms with Crippen LogP contribution in [0.5, 0.6) is 0 Å². The van der Waals surface area contributed by atoms with Crippen LogP contribution in [-0.4, -0.2) is 26.9 Å². The van der Waals surface area contributed by atoms with E-state index in [0.29, 0.717) is 30.2 Å². The van der Waals surface area contributed by atoms with Gasteiger partial charge in [0, 0.05) is 19.0 Å². The van der Waals surface area contributed by atoms with Crippen molar-refractivity contribution in [2.75, 3.05) is 11.4 Å². The average Bonchev–Trinajstić information content (AvgIpc) is 2.93. The van der Waals surface area contributed by atoms with Crippen molar-refractivity contribution in [3.63, 3.8) is 0 Å². The second-order valence-corrected chi connectivity index (χ2v) is 10.8. The Morgan fingerprint density at radius 2 is 1.81 bits per heavy atom. The summed E-state index contributed by atoms with van der Waals surface area (Å²) in [5.41, 5.74) is 3.12. The molecule has 0 unspecified atom stereocenters. The Labute approximate surface area is 156 Å². The van der Waals surface area contributed by atoms with E-state index < -0.39 is 10.0 Å². The minimum Gasteiger partial charge on any atom is -0.312 e. The molecule has 1 saturated carbocycles. The van der Waals surface area contributed by atoms with E-state index >= 15 is 0 Å². The average molecular weight is 377 g/mol. The molecule has 1 amide bonds. The third-order valence-electron chi connectivity index (χ3n) is 6.04. The van der Waals surface area contributed by atoms with E-state index in [1.54, 1.807) is 12.1 Å². The molecule has 2 atom stereocenters. The van der Waals surface area contributed by atoms with Crippen molar-refractivity contribution < 1.29 is 13.2 Å². The van der Waals surface area contributed by atoms with Crippen molar-refractivity contribution in [3.8, 4) is 0 Å². The van der Waals surface area contributed by atoms with Crippen LogP contribution in [0.1, 0.15) is 57.6 Å². The first-order chi connectivity index (χ1) is 12.1. The molecule has 0 bridgehead atoms. The van der Waals surface area contributed by atoms with Crippen LogP contribution in [0.25, 0.3) is 0 Å². The highest BCUT2D eigenvalue weighted by molar-refractivity contribution is 7.89. The molecule has 26 heavy (non-hydrogen) atoms. The lowest BCUT2D eigenvalue weighted by atomic mass is 9.71. The van der Waals surface area contributed by atoms with Gasteiger partial charge in [0.05, 0.1) is 10.6 Å². The first-order valence-corrected chi connectivity index (χ1v) is 11.1. The third-order valence-corrected chi connectivity index (χ3v) is 7.54. The van der Waals surface area contributed by atoms with Crippen molar-refractivity contribution in [2.45, 2.75) is 70.2 Å². The first kappa shape index (κ1) is 18.0. The van der Waals surface area contributed by atoms with Gasteiger partial charge in [-0.1, -0.05) is 20.8 Å². The zero-order valence-electron chi connectivity index (χ0n) is 15.8. The summed E-state index contributed by atoms with van der Waals surface area (Å²) in [5.74, 6) is 0.676. The van der Waals surface area contributed by atoms with E-state index in [1.165, 1.54) is 0 Å². The summed E-state index contributed by atoms with van der Waals surface area (Å²) < 4.78 is 29.1. The summed E-state index contributed by atoms with van der Waals surface area (Å²) in [4.78, 5) is 14.2. The Hall–Kier alpha value is -1.40. The van der Waals surface area contributed by atoms with Crippen molar-refractivity contribution in [3.05, 3.63) is 23.3 Å². The molecule has 2 heterocycles. The lowest BCUT2D eigenvalue weighted by Crippen LogP contribution is -2.43. The van der Waals surface area contributed by atoms with Crippen molar-refractivity contribution in [2.24, 2.45) is 11.3 Å². The molecular formula is C20H28N2O3S. The monoisotopic (exact) mass is 376 g/mol. The van der Waals surface area contributed by atoms with E-state index in [0.717, 1.165) is 42.5 Å². The van der Waals surface area contributed by atoms with E-state index in [1.807, 2.05) is 4.90 Å². The maximum Gasteiger partial charge on any atom is 0.240 e. The predicted octanol–water partition coefficient (Wildman–Crippen LogP) is 3.02.